The maximum Gasteiger partial charge on any atom is 0.305 e. The number of carboxylic acids is 1. The number of imide groups is 1. The van der Waals surface area contributed by atoms with E-state index in [-0.39, 0.29) is 24.2 Å². The van der Waals surface area contributed by atoms with E-state index in [2.05, 4.69) is 0 Å². The highest BCUT2D eigenvalue weighted by molar-refractivity contribution is 5.99. The molecule has 0 aromatic rings. The van der Waals surface area contributed by atoms with E-state index in [0.717, 1.165) is 12.8 Å². The zero-order chi connectivity index (χ0) is 13.3. The van der Waals surface area contributed by atoms with Gasteiger partial charge in [-0.25, -0.2) is 0 Å². The topological polar surface area (TPSA) is 74.7 Å². The third-order valence-electron chi connectivity index (χ3n) is 4.03. The van der Waals surface area contributed by atoms with Crippen molar-refractivity contribution in [2.75, 3.05) is 0 Å². The van der Waals surface area contributed by atoms with E-state index in [1.54, 1.807) is 0 Å². The summed E-state index contributed by atoms with van der Waals surface area (Å²) in [5, 5.41) is 9.04. The minimum absolute atomic E-state index is 0.0736. The van der Waals surface area contributed by atoms with E-state index in [9.17, 15) is 14.4 Å². The zero-order valence-electron chi connectivity index (χ0n) is 10.6. The Labute approximate surface area is 106 Å². The lowest BCUT2D eigenvalue weighted by Crippen LogP contribution is -2.57. The van der Waals surface area contributed by atoms with Gasteiger partial charge in [-0.05, 0) is 18.8 Å². The fraction of sp³-hybridized carbons (Fsp3) is 0.769. The Morgan fingerprint density at radius 3 is 2.22 bits per heavy atom. The van der Waals surface area contributed by atoms with Crippen LogP contribution < -0.4 is 0 Å². The molecule has 0 aromatic carbocycles. The molecule has 0 unspecified atom stereocenters. The second-order valence-corrected chi connectivity index (χ2v) is 5.64. The van der Waals surface area contributed by atoms with Crippen LogP contribution in [-0.2, 0) is 14.4 Å². The average molecular weight is 253 g/mol. The van der Waals surface area contributed by atoms with Crippen LogP contribution in [-0.4, -0.2) is 33.3 Å². The molecular formula is C13H19NO4. The van der Waals surface area contributed by atoms with Crippen LogP contribution in [0.15, 0.2) is 0 Å². The Kier molecular flexibility index (Phi) is 3.41. The summed E-state index contributed by atoms with van der Waals surface area (Å²) in [6, 6.07) is 0. The predicted octanol–water partition coefficient (Wildman–Crippen LogP) is 1.56. The lowest BCUT2D eigenvalue weighted by atomic mass is 9.86. The van der Waals surface area contributed by atoms with Crippen LogP contribution in [0.4, 0.5) is 0 Å². The lowest BCUT2D eigenvalue weighted by Gasteiger charge is -2.42. The van der Waals surface area contributed by atoms with Gasteiger partial charge in [0.25, 0.3) is 0 Å². The third-order valence-corrected chi connectivity index (χ3v) is 4.03. The molecule has 0 atom stereocenters. The molecule has 1 N–H and O–H groups in total. The summed E-state index contributed by atoms with van der Waals surface area (Å²) < 4.78 is 0. The van der Waals surface area contributed by atoms with Crippen LogP contribution in [0, 0.1) is 5.92 Å². The van der Waals surface area contributed by atoms with Gasteiger partial charge in [0.05, 0.1) is 12.0 Å². The van der Waals surface area contributed by atoms with Gasteiger partial charge in [0.1, 0.15) is 0 Å². The normalized spacial score (nSPS) is 24.6. The maximum atomic E-state index is 12.1. The zero-order valence-corrected chi connectivity index (χ0v) is 10.6. The quantitative estimate of drug-likeness (QED) is 0.774. The second kappa shape index (κ2) is 4.71. The van der Waals surface area contributed by atoms with Crippen molar-refractivity contribution < 1.29 is 19.5 Å². The average Bonchev–Trinajstić information content (AvgIpc) is 2.63. The van der Waals surface area contributed by atoms with Gasteiger partial charge in [0.15, 0.2) is 0 Å². The summed E-state index contributed by atoms with van der Waals surface area (Å²) in [4.78, 5) is 36.5. The first-order valence-corrected chi connectivity index (χ1v) is 6.52. The summed E-state index contributed by atoms with van der Waals surface area (Å²) in [6.07, 6.45) is 3.63. The van der Waals surface area contributed by atoms with Crippen molar-refractivity contribution in [3.05, 3.63) is 0 Å². The number of amides is 2. The van der Waals surface area contributed by atoms with Crippen LogP contribution in [0.3, 0.4) is 0 Å². The number of nitrogens with zero attached hydrogens (tertiary/aromatic N) is 1. The molecule has 0 bridgehead atoms. The number of carbonyl (C=O) groups excluding carboxylic acids is 2. The molecule has 1 saturated heterocycles. The first-order valence-electron chi connectivity index (χ1n) is 6.52. The molecule has 2 amide bonds. The van der Waals surface area contributed by atoms with Crippen molar-refractivity contribution in [2.45, 2.75) is 57.4 Å². The Morgan fingerprint density at radius 1 is 1.28 bits per heavy atom. The molecule has 1 heterocycles. The molecule has 100 valence electrons. The Morgan fingerprint density at radius 2 is 1.78 bits per heavy atom. The van der Waals surface area contributed by atoms with Gasteiger partial charge >= 0.3 is 5.97 Å². The summed E-state index contributed by atoms with van der Waals surface area (Å²) in [5.41, 5.74) is -0.750. The fourth-order valence-electron chi connectivity index (χ4n) is 3.31. The first-order chi connectivity index (χ1) is 8.44. The van der Waals surface area contributed by atoms with Crippen molar-refractivity contribution in [2.24, 2.45) is 5.92 Å². The van der Waals surface area contributed by atoms with Crippen molar-refractivity contribution in [1.82, 2.24) is 4.90 Å². The molecule has 0 spiro atoms. The van der Waals surface area contributed by atoms with Crippen LogP contribution in [0.25, 0.3) is 0 Å². The highest BCUT2D eigenvalue weighted by Crippen LogP contribution is 2.41. The highest BCUT2D eigenvalue weighted by atomic mass is 16.4. The third kappa shape index (κ3) is 2.26. The molecule has 2 aliphatic rings. The summed E-state index contributed by atoms with van der Waals surface area (Å²) in [6.45, 7) is 1.88. The van der Waals surface area contributed by atoms with Gasteiger partial charge in [0, 0.05) is 12.8 Å². The van der Waals surface area contributed by atoms with Crippen LogP contribution >= 0.6 is 0 Å². The maximum absolute atomic E-state index is 12.1. The molecule has 1 saturated carbocycles. The number of piperidine rings is 1. The molecule has 18 heavy (non-hydrogen) atoms. The molecule has 2 rings (SSSR count). The molecule has 5 heteroatoms. The van der Waals surface area contributed by atoms with E-state index < -0.39 is 11.5 Å². The first kappa shape index (κ1) is 13.1. The minimum Gasteiger partial charge on any atom is -0.481 e. The molecule has 5 nitrogen and oxygen atoms in total. The smallest absolute Gasteiger partial charge is 0.305 e. The predicted molar refractivity (Wildman–Crippen MR) is 63.7 cm³/mol. The number of carbonyl (C=O) groups is 3. The van der Waals surface area contributed by atoms with Crippen molar-refractivity contribution in [3.63, 3.8) is 0 Å². The van der Waals surface area contributed by atoms with E-state index in [0.29, 0.717) is 25.7 Å². The monoisotopic (exact) mass is 253 g/mol. The van der Waals surface area contributed by atoms with Gasteiger partial charge in [0.2, 0.25) is 11.8 Å². The van der Waals surface area contributed by atoms with E-state index in [1.165, 1.54) is 4.90 Å². The number of likely N-dealkylation sites (tertiary alicyclic amines) is 1. The number of carboxylic acid groups (broad SMARTS) is 1. The summed E-state index contributed by atoms with van der Waals surface area (Å²) >= 11 is 0. The van der Waals surface area contributed by atoms with Crippen LogP contribution in [0.2, 0.25) is 0 Å². The number of rotatable bonds is 3. The molecule has 0 radical (unpaired) electrons. The van der Waals surface area contributed by atoms with Crippen LogP contribution in [0.1, 0.15) is 51.9 Å². The standard InChI is InChI=1S/C13H19NO4/c1-9-6-10(15)14(11(16)7-9)13(8-12(17)18)4-2-3-5-13/h9H,2-8H2,1H3,(H,17,18). The van der Waals surface area contributed by atoms with Gasteiger partial charge in [-0.15, -0.1) is 0 Å². The summed E-state index contributed by atoms with van der Waals surface area (Å²) in [5.74, 6) is -1.25. The second-order valence-electron chi connectivity index (χ2n) is 5.64. The molecule has 1 aliphatic carbocycles. The SMILES string of the molecule is CC1CC(=O)N(C2(CC(=O)O)CCCC2)C(=O)C1. The Bertz CT molecular complexity index is 366. The van der Waals surface area contributed by atoms with E-state index in [4.69, 9.17) is 5.11 Å². The van der Waals surface area contributed by atoms with Crippen molar-refractivity contribution >= 4 is 17.8 Å². The molecule has 2 fully saturated rings. The highest BCUT2D eigenvalue weighted by Gasteiger charge is 2.48. The summed E-state index contributed by atoms with van der Waals surface area (Å²) in [7, 11) is 0. The van der Waals surface area contributed by atoms with E-state index in [1.807, 2.05) is 6.92 Å². The van der Waals surface area contributed by atoms with Crippen LogP contribution in [0.5, 0.6) is 0 Å². The Hall–Kier alpha value is -1.39. The molecular weight excluding hydrogens is 234 g/mol. The number of aliphatic carboxylic acids is 1. The number of hydrogen-bond acceptors (Lipinski definition) is 3. The molecule has 0 aromatic heterocycles. The largest absolute Gasteiger partial charge is 0.481 e. The minimum atomic E-state index is -0.934. The lowest BCUT2D eigenvalue weighted by molar-refractivity contribution is -0.159. The fourth-order valence-corrected chi connectivity index (χ4v) is 3.31. The number of hydrogen-bond donors (Lipinski definition) is 1. The van der Waals surface area contributed by atoms with Gasteiger partial charge in [-0.1, -0.05) is 19.8 Å². The van der Waals surface area contributed by atoms with Crippen molar-refractivity contribution in [1.29, 1.82) is 0 Å². The van der Waals surface area contributed by atoms with Crippen molar-refractivity contribution in [3.8, 4) is 0 Å². The van der Waals surface area contributed by atoms with E-state index >= 15 is 0 Å². The Balaban J connectivity index is 2.27. The molecule has 1 aliphatic heterocycles. The van der Waals surface area contributed by atoms with Gasteiger partial charge in [-0.3, -0.25) is 19.3 Å². The van der Waals surface area contributed by atoms with Gasteiger partial charge in [-0.2, -0.15) is 0 Å². The van der Waals surface area contributed by atoms with Gasteiger partial charge < -0.3 is 5.11 Å².